The van der Waals surface area contributed by atoms with E-state index in [0.717, 1.165) is 16.9 Å². The minimum atomic E-state index is -0.481. The first-order valence-electron chi connectivity index (χ1n) is 6.38. The van der Waals surface area contributed by atoms with Gasteiger partial charge < -0.3 is 9.47 Å². The zero-order valence-electron chi connectivity index (χ0n) is 11.8. The predicted octanol–water partition coefficient (Wildman–Crippen LogP) is 4.28. The van der Waals surface area contributed by atoms with Crippen LogP contribution in [0, 0.1) is 6.92 Å². The maximum atomic E-state index is 11.8. The van der Waals surface area contributed by atoms with E-state index in [4.69, 9.17) is 21.1 Å². The number of carbonyl (C=O) groups excluding carboxylic acids is 1. The van der Waals surface area contributed by atoms with Crippen molar-refractivity contribution in [3.8, 4) is 11.5 Å². The van der Waals surface area contributed by atoms with Gasteiger partial charge in [0.15, 0.2) is 0 Å². The van der Waals surface area contributed by atoms with E-state index in [9.17, 15) is 4.79 Å². The van der Waals surface area contributed by atoms with Crippen LogP contribution in [0.1, 0.15) is 11.1 Å². The lowest BCUT2D eigenvalue weighted by Gasteiger charge is -2.05. The Labute approximate surface area is 128 Å². The number of rotatable bonds is 4. The van der Waals surface area contributed by atoms with Crippen LogP contribution in [0.25, 0.3) is 6.08 Å². The van der Waals surface area contributed by atoms with Crippen LogP contribution in [0.5, 0.6) is 11.5 Å². The molecule has 0 aliphatic carbocycles. The Morgan fingerprint density at radius 1 is 1.19 bits per heavy atom. The average Bonchev–Trinajstić information content (AvgIpc) is 2.49. The molecule has 0 aliphatic rings. The van der Waals surface area contributed by atoms with Gasteiger partial charge in [-0.15, -0.1) is 0 Å². The molecule has 0 unspecified atom stereocenters. The van der Waals surface area contributed by atoms with E-state index in [1.54, 1.807) is 25.3 Å². The molecule has 4 heteroatoms. The van der Waals surface area contributed by atoms with Crippen LogP contribution in [-0.2, 0) is 4.79 Å². The van der Waals surface area contributed by atoms with Crippen molar-refractivity contribution in [2.24, 2.45) is 0 Å². The van der Waals surface area contributed by atoms with Gasteiger partial charge >= 0.3 is 5.97 Å². The molecule has 0 saturated carbocycles. The lowest BCUT2D eigenvalue weighted by atomic mass is 10.2. The minimum Gasteiger partial charge on any atom is -0.497 e. The summed E-state index contributed by atoms with van der Waals surface area (Å²) in [5.41, 5.74) is 1.82. The SMILES string of the molecule is COc1cccc(/C=C/C(=O)Oc2cc(C)ccc2Cl)c1. The van der Waals surface area contributed by atoms with Crippen molar-refractivity contribution in [1.29, 1.82) is 0 Å². The average molecular weight is 303 g/mol. The van der Waals surface area contributed by atoms with Crippen LogP contribution in [0.4, 0.5) is 0 Å². The third kappa shape index (κ3) is 4.36. The molecule has 0 heterocycles. The molecule has 0 spiro atoms. The zero-order chi connectivity index (χ0) is 15.2. The van der Waals surface area contributed by atoms with Crippen LogP contribution in [0.3, 0.4) is 0 Å². The minimum absolute atomic E-state index is 0.358. The Balaban J connectivity index is 2.07. The highest BCUT2D eigenvalue weighted by atomic mass is 35.5. The molecule has 0 radical (unpaired) electrons. The largest absolute Gasteiger partial charge is 0.497 e. The Hall–Kier alpha value is -2.26. The first kappa shape index (κ1) is 15.1. The maximum absolute atomic E-state index is 11.8. The topological polar surface area (TPSA) is 35.5 Å². The fourth-order valence-corrected chi connectivity index (χ4v) is 1.90. The van der Waals surface area contributed by atoms with Gasteiger partial charge in [0.05, 0.1) is 12.1 Å². The molecular formula is C17H15ClO3. The second-order valence-corrected chi connectivity index (χ2v) is 4.87. The van der Waals surface area contributed by atoms with Crippen molar-refractivity contribution in [2.75, 3.05) is 7.11 Å². The monoisotopic (exact) mass is 302 g/mol. The Bertz CT molecular complexity index is 677. The fourth-order valence-electron chi connectivity index (χ4n) is 1.74. The molecule has 3 nitrogen and oxygen atoms in total. The van der Waals surface area contributed by atoms with Gasteiger partial charge in [0, 0.05) is 6.08 Å². The summed E-state index contributed by atoms with van der Waals surface area (Å²) < 4.78 is 10.3. The Morgan fingerprint density at radius 3 is 2.76 bits per heavy atom. The first-order valence-corrected chi connectivity index (χ1v) is 6.76. The fraction of sp³-hybridized carbons (Fsp3) is 0.118. The molecule has 0 atom stereocenters. The molecular weight excluding hydrogens is 288 g/mol. The zero-order valence-corrected chi connectivity index (χ0v) is 12.6. The Kier molecular flexibility index (Phi) is 5.01. The summed E-state index contributed by atoms with van der Waals surface area (Å²) in [7, 11) is 1.59. The summed E-state index contributed by atoms with van der Waals surface area (Å²) in [6.45, 7) is 1.90. The van der Waals surface area contributed by atoms with Crippen molar-refractivity contribution in [3.63, 3.8) is 0 Å². The number of aryl methyl sites for hydroxylation is 1. The summed E-state index contributed by atoms with van der Waals surface area (Å²) in [5.74, 6) is 0.606. The van der Waals surface area contributed by atoms with Gasteiger partial charge in [0.25, 0.3) is 0 Å². The number of halogens is 1. The molecule has 0 aromatic heterocycles. The number of benzene rings is 2. The number of carbonyl (C=O) groups is 1. The van der Waals surface area contributed by atoms with Gasteiger partial charge in [-0.2, -0.15) is 0 Å². The van der Waals surface area contributed by atoms with E-state index in [2.05, 4.69) is 0 Å². The van der Waals surface area contributed by atoms with Crippen LogP contribution in [0.2, 0.25) is 5.02 Å². The molecule has 0 N–H and O–H groups in total. The quantitative estimate of drug-likeness (QED) is 0.480. The van der Waals surface area contributed by atoms with Gasteiger partial charge in [0.1, 0.15) is 11.5 Å². The highest BCUT2D eigenvalue weighted by molar-refractivity contribution is 6.32. The van der Waals surface area contributed by atoms with E-state index >= 15 is 0 Å². The number of methoxy groups -OCH3 is 1. The van der Waals surface area contributed by atoms with Crippen molar-refractivity contribution in [3.05, 3.63) is 64.7 Å². The summed E-state index contributed by atoms with van der Waals surface area (Å²) in [6, 6.07) is 12.6. The van der Waals surface area contributed by atoms with Crippen molar-refractivity contribution in [2.45, 2.75) is 6.92 Å². The Morgan fingerprint density at radius 2 is 2.00 bits per heavy atom. The maximum Gasteiger partial charge on any atom is 0.336 e. The molecule has 0 saturated heterocycles. The third-order valence-corrected chi connectivity index (χ3v) is 3.12. The number of hydrogen-bond acceptors (Lipinski definition) is 3. The summed E-state index contributed by atoms with van der Waals surface area (Å²) in [5, 5.41) is 0.406. The molecule has 0 aliphatic heterocycles. The predicted molar refractivity (Wildman–Crippen MR) is 83.9 cm³/mol. The molecule has 2 rings (SSSR count). The van der Waals surface area contributed by atoms with E-state index in [0.29, 0.717) is 10.8 Å². The molecule has 0 amide bonds. The first-order chi connectivity index (χ1) is 10.1. The van der Waals surface area contributed by atoms with E-state index in [-0.39, 0.29) is 0 Å². The molecule has 21 heavy (non-hydrogen) atoms. The standard InChI is InChI=1S/C17H15ClO3/c1-12-6-8-15(18)16(10-12)21-17(19)9-7-13-4-3-5-14(11-13)20-2/h3-11H,1-2H3/b9-7+. The van der Waals surface area contributed by atoms with E-state index in [1.807, 2.05) is 37.3 Å². The summed E-state index contributed by atoms with van der Waals surface area (Å²) >= 11 is 5.98. The van der Waals surface area contributed by atoms with E-state index < -0.39 is 5.97 Å². The van der Waals surface area contributed by atoms with Crippen molar-refractivity contribution in [1.82, 2.24) is 0 Å². The summed E-state index contributed by atoms with van der Waals surface area (Å²) in [6.07, 6.45) is 3.02. The van der Waals surface area contributed by atoms with Gasteiger partial charge in [-0.25, -0.2) is 4.79 Å². The summed E-state index contributed by atoms with van der Waals surface area (Å²) in [4.78, 5) is 11.8. The van der Waals surface area contributed by atoms with Crippen LogP contribution >= 0.6 is 11.6 Å². The molecule has 0 fully saturated rings. The highest BCUT2D eigenvalue weighted by Gasteiger charge is 2.05. The van der Waals surface area contributed by atoms with Gasteiger partial charge in [-0.05, 0) is 48.4 Å². The highest BCUT2D eigenvalue weighted by Crippen LogP contribution is 2.25. The molecule has 2 aromatic carbocycles. The van der Waals surface area contributed by atoms with Gasteiger partial charge in [-0.1, -0.05) is 29.8 Å². The molecule has 0 bridgehead atoms. The lowest BCUT2D eigenvalue weighted by molar-refractivity contribution is -0.128. The number of esters is 1. The van der Waals surface area contributed by atoms with Crippen molar-refractivity contribution >= 4 is 23.6 Å². The lowest BCUT2D eigenvalue weighted by Crippen LogP contribution is -2.04. The second-order valence-electron chi connectivity index (χ2n) is 4.46. The van der Waals surface area contributed by atoms with Crippen LogP contribution < -0.4 is 9.47 Å². The molecule has 2 aromatic rings. The van der Waals surface area contributed by atoms with Crippen molar-refractivity contribution < 1.29 is 14.3 Å². The molecule has 108 valence electrons. The third-order valence-electron chi connectivity index (χ3n) is 2.80. The van der Waals surface area contributed by atoms with Gasteiger partial charge in [-0.3, -0.25) is 0 Å². The second kappa shape index (κ2) is 6.95. The number of hydrogen-bond donors (Lipinski definition) is 0. The van der Waals surface area contributed by atoms with Crippen LogP contribution in [-0.4, -0.2) is 13.1 Å². The van der Waals surface area contributed by atoms with Crippen LogP contribution in [0.15, 0.2) is 48.5 Å². The smallest absolute Gasteiger partial charge is 0.336 e. The number of ether oxygens (including phenoxy) is 2. The van der Waals surface area contributed by atoms with Gasteiger partial charge in [0.2, 0.25) is 0 Å². The van der Waals surface area contributed by atoms with E-state index in [1.165, 1.54) is 6.08 Å². The normalized spacial score (nSPS) is 10.6.